The highest BCUT2D eigenvalue weighted by atomic mass is 16.5. The number of hydrogen-bond acceptors (Lipinski definition) is 4. The van der Waals surface area contributed by atoms with Crippen LogP contribution < -0.4 is 14.8 Å². The third kappa shape index (κ3) is 3.87. The van der Waals surface area contributed by atoms with E-state index < -0.39 is 0 Å². The van der Waals surface area contributed by atoms with Gasteiger partial charge in [-0.2, -0.15) is 0 Å². The van der Waals surface area contributed by atoms with Crippen LogP contribution in [0.15, 0.2) is 24.3 Å². The van der Waals surface area contributed by atoms with Crippen LogP contribution in [0.1, 0.15) is 19.8 Å². The summed E-state index contributed by atoms with van der Waals surface area (Å²) in [7, 11) is 1.99. The van der Waals surface area contributed by atoms with E-state index in [1.807, 2.05) is 38.2 Å². The maximum Gasteiger partial charge on any atom is 0.161 e. The van der Waals surface area contributed by atoms with Crippen LogP contribution in [0.2, 0.25) is 0 Å². The molecular weight excluding hydrogens is 254 g/mol. The predicted octanol–water partition coefficient (Wildman–Crippen LogP) is 2.48. The molecule has 1 unspecified atom stereocenters. The van der Waals surface area contributed by atoms with Gasteiger partial charge >= 0.3 is 0 Å². The third-order valence-corrected chi connectivity index (χ3v) is 3.78. The van der Waals surface area contributed by atoms with Gasteiger partial charge in [-0.3, -0.25) is 0 Å². The van der Waals surface area contributed by atoms with E-state index in [9.17, 15) is 0 Å². The van der Waals surface area contributed by atoms with E-state index in [1.54, 1.807) is 0 Å². The van der Waals surface area contributed by atoms with Crippen LogP contribution in [-0.4, -0.2) is 40.0 Å². The van der Waals surface area contributed by atoms with E-state index in [0.29, 0.717) is 13.2 Å². The first-order valence-corrected chi connectivity index (χ1v) is 7.37. The fraction of sp³-hybridized carbons (Fsp3) is 0.625. The summed E-state index contributed by atoms with van der Waals surface area (Å²) in [5.74, 6) is 1.65. The molecule has 1 fully saturated rings. The van der Waals surface area contributed by atoms with Gasteiger partial charge in [0.25, 0.3) is 0 Å². The van der Waals surface area contributed by atoms with Crippen molar-refractivity contribution < 1.29 is 14.2 Å². The maximum atomic E-state index is 5.91. The van der Waals surface area contributed by atoms with Crippen molar-refractivity contribution in [2.45, 2.75) is 19.8 Å². The molecule has 0 saturated carbocycles. The van der Waals surface area contributed by atoms with E-state index in [-0.39, 0.29) is 5.41 Å². The van der Waals surface area contributed by atoms with Crippen LogP contribution in [0.25, 0.3) is 0 Å². The van der Waals surface area contributed by atoms with Crippen molar-refractivity contribution in [3.63, 3.8) is 0 Å². The summed E-state index contributed by atoms with van der Waals surface area (Å²) in [6, 6.07) is 7.84. The number of hydrogen-bond donors (Lipinski definition) is 1. The summed E-state index contributed by atoms with van der Waals surface area (Å²) in [5, 5.41) is 3.27. The van der Waals surface area contributed by atoms with Gasteiger partial charge in [0.2, 0.25) is 0 Å². The molecule has 1 aliphatic rings. The second-order valence-corrected chi connectivity index (χ2v) is 5.31. The van der Waals surface area contributed by atoms with E-state index in [2.05, 4.69) is 5.32 Å². The summed E-state index contributed by atoms with van der Waals surface area (Å²) in [5.41, 5.74) is 0.218. The normalized spacial score (nSPS) is 21.9. The molecule has 1 atom stereocenters. The van der Waals surface area contributed by atoms with E-state index in [4.69, 9.17) is 14.2 Å². The van der Waals surface area contributed by atoms with Crippen molar-refractivity contribution in [3.8, 4) is 11.5 Å². The monoisotopic (exact) mass is 279 g/mol. The molecule has 2 rings (SSSR count). The maximum absolute atomic E-state index is 5.91. The van der Waals surface area contributed by atoms with Crippen molar-refractivity contribution in [2.24, 2.45) is 5.41 Å². The fourth-order valence-electron chi connectivity index (χ4n) is 2.67. The molecule has 0 spiro atoms. The molecule has 20 heavy (non-hydrogen) atoms. The Morgan fingerprint density at radius 2 is 2.00 bits per heavy atom. The molecule has 4 nitrogen and oxygen atoms in total. The van der Waals surface area contributed by atoms with E-state index in [1.165, 1.54) is 0 Å². The summed E-state index contributed by atoms with van der Waals surface area (Å²) in [6.45, 7) is 5.98. The van der Waals surface area contributed by atoms with Crippen LogP contribution in [-0.2, 0) is 4.74 Å². The van der Waals surface area contributed by atoms with Gasteiger partial charge in [0.1, 0.15) is 0 Å². The van der Waals surface area contributed by atoms with Gasteiger partial charge in [0.05, 0.1) is 19.8 Å². The Bertz CT molecular complexity index is 402. The number of ether oxygens (including phenoxy) is 3. The first kappa shape index (κ1) is 15.1. The van der Waals surface area contributed by atoms with Crippen LogP contribution in [0, 0.1) is 5.41 Å². The van der Waals surface area contributed by atoms with Gasteiger partial charge in [0, 0.05) is 18.6 Å². The summed E-state index contributed by atoms with van der Waals surface area (Å²) in [6.07, 6.45) is 2.10. The van der Waals surface area contributed by atoms with Crippen LogP contribution in [0.3, 0.4) is 0 Å². The standard InChI is InChI=1S/C16H25NO3/c1-3-19-14-6-4-5-7-15(14)20-11-9-16(12-17-2)8-10-18-13-16/h4-7,17H,3,8-13H2,1-2H3. The zero-order chi connectivity index (χ0) is 14.3. The Morgan fingerprint density at radius 3 is 2.60 bits per heavy atom. The van der Waals surface area contributed by atoms with Crippen molar-refractivity contribution in [3.05, 3.63) is 24.3 Å². The minimum absolute atomic E-state index is 0.218. The van der Waals surface area contributed by atoms with Gasteiger partial charge in [-0.25, -0.2) is 0 Å². The molecule has 1 aromatic carbocycles. The van der Waals surface area contributed by atoms with E-state index in [0.717, 1.165) is 44.1 Å². The molecule has 0 amide bonds. The molecular formula is C16H25NO3. The van der Waals surface area contributed by atoms with Gasteiger partial charge in [0.15, 0.2) is 11.5 Å². The lowest BCUT2D eigenvalue weighted by atomic mass is 9.84. The fourth-order valence-corrected chi connectivity index (χ4v) is 2.67. The van der Waals surface area contributed by atoms with Gasteiger partial charge in [-0.1, -0.05) is 12.1 Å². The predicted molar refractivity (Wildman–Crippen MR) is 79.5 cm³/mol. The first-order valence-electron chi connectivity index (χ1n) is 7.37. The molecule has 0 bridgehead atoms. The molecule has 112 valence electrons. The molecule has 1 N–H and O–H groups in total. The highest BCUT2D eigenvalue weighted by molar-refractivity contribution is 5.39. The van der Waals surface area contributed by atoms with Crippen molar-refractivity contribution in [1.29, 1.82) is 0 Å². The molecule has 1 saturated heterocycles. The molecule has 1 aromatic rings. The minimum atomic E-state index is 0.218. The zero-order valence-corrected chi connectivity index (χ0v) is 12.5. The molecule has 0 aliphatic carbocycles. The molecule has 0 aromatic heterocycles. The topological polar surface area (TPSA) is 39.7 Å². The highest BCUT2D eigenvalue weighted by Crippen LogP contribution is 2.33. The lowest BCUT2D eigenvalue weighted by molar-refractivity contribution is 0.129. The number of benzene rings is 1. The largest absolute Gasteiger partial charge is 0.490 e. The minimum Gasteiger partial charge on any atom is -0.490 e. The Morgan fingerprint density at radius 1 is 1.25 bits per heavy atom. The number of nitrogens with one attached hydrogen (secondary N) is 1. The Hall–Kier alpha value is -1.26. The lowest BCUT2D eigenvalue weighted by Gasteiger charge is -2.27. The third-order valence-electron chi connectivity index (χ3n) is 3.78. The Kier molecular flexibility index (Phi) is 5.68. The van der Waals surface area contributed by atoms with Gasteiger partial charge in [-0.15, -0.1) is 0 Å². The average molecular weight is 279 g/mol. The number of rotatable bonds is 8. The van der Waals surface area contributed by atoms with Crippen molar-refractivity contribution >= 4 is 0 Å². The zero-order valence-electron chi connectivity index (χ0n) is 12.5. The summed E-state index contributed by atoms with van der Waals surface area (Å²) < 4.78 is 17.0. The van der Waals surface area contributed by atoms with Gasteiger partial charge < -0.3 is 19.5 Å². The smallest absolute Gasteiger partial charge is 0.161 e. The van der Waals surface area contributed by atoms with Crippen LogP contribution >= 0.6 is 0 Å². The van der Waals surface area contributed by atoms with Crippen LogP contribution in [0.5, 0.6) is 11.5 Å². The molecule has 0 radical (unpaired) electrons. The quantitative estimate of drug-likeness (QED) is 0.793. The second-order valence-electron chi connectivity index (χ2n) is 5.31. The first-order chi connectivity index (χ1) is 9.79. The van der Waals surface area contributed by atoms with Crippen LogP contribution in [0.4, 0.5) is 0 Å². The average Bonchev–Trinajstić information content (AvgIpc) is 2.90. The molecule has 4 heteroatoms. The second kappa shape index (κ2) is 7.50. The lowest BCUT2D eigenvalue weighted by Crippen LogP contribution is -2.34. The molecule has 1 heterocycles. The summed E-state index contributed by atoms with van der Waals surface area (Å²) >= 11 is 0. The Balaban J connectivity index is 1.88. The molecule has 1 aliphatic heterocycles. The van der Waals surface area contributed by atoms with Crippen molar-refractivity contribution in [1.82, 2.24) is 5.32 Å². The van der Waals surface area contributed by atoms with Crippen molar-refractivity contribution in [2.75, 3.05) is 40.0 Å². The Labute approximate surface area is 121 Å². The van der Waals surface area contributed by atoms with Gasteiger partial charge in [-0.05, 0) is 38.9 Å². The van der Waals surface area contributed by atoms with E-state index >= 15 is 0 Å². The highest BCUT2D eigenvalue weighted by Gasteiger charge is 2.34. The number of para-hydroxylation sites is 2. The SMILES string of the molecule is CCOc1ccccc1OCCC1(CNC)CCOC1. The summed E-state index contributed by atoms with van der Waals surface area (Å²) in [4.78, 5) is 0.